The molecule has 0 radical (unpaired) electrons. The van der Waals surface area contributed by atoms with Crippen molar-refractivity contribution in [1.82, 2.24) is 5.32 Å². The monoisotopic (exact) mass is 247 g/mol. The number of aliphatic imine (C=N–C) groups is 1. The smallest absolute Gasteiger partial charge is 0.182 e. The fourth-order valence-electron chi connectivity index (χ4n) is 1.20. The van der Waals surface area contributed by atoms with Crippen molar-refractivity contribution in [1.29, 1.82) is 5.26 Å². The van der Waals surface area contributed by atoms with Crippen LogP contribution in [0.1, 0.15) is 19.4 Å². The van der Waals surface area contributed by atoms with Crippen LogP contribution in [0.25, 0.3) is 6.08 Å². The molecule has 0 aliphatic carbocycles. The minimum Gasteiger partial charge on any atom is -0.277 e. The molecule has 0 spiro atoms. The second kappa shape index (κ2) is 6.72. The highest BCUT2D eigenvalue weighted by Crippen LogP contribution is 2.10. The first-order valence-corrected chi connectivity index (χ1v) is 5.66. The van der Waals surface area contributed by atoms with E-state index in [4.69, 9.17) is 16.9 Å². The number of amidine groups is 1. The Kier molecular flexibility index (Phi) is 5.25. The molecule has 0 aliphatic heterocycles. The zero-order valence-electron chi connectivity index (χ0n) is 9.81. The predicted octanol–water partition coefficient (Wildman–Crippen LogP) is 3.23. The highest BCUT2D eigenvalue weighted by molar-refractivity contribution is 6.30. The number of halogens is 1. The van der Waals surface area contributed by atoms with E-state index in [0.29, 0.717) is 10.9 Å². The third-order valence-electron chi connectivity index (χ3n) is 1.88. The largest absolute Gasteiger partial charge is 0.277 e. The maximum atomic E-state index is 8.59. The number of nitrogens with zero attached hydrogens (tertiary/aromatic N) is 2. The van der Waals surface area contributed by atoms with E-state index < -0.39 is 0 Å². The minimum atomic E-state index is 0.140. The Morgan fingerprint density at radius 3 is 2.59 bits per heavy atom. The number of benzene rings is 1. The molecule has 0 atom stereocenters. The van der Waals surface area contributed by atoms with Gasteiger partial charge >= 0.3 is 0 Å². The van der Waals surface area contributed by atoms with Crippen molar-refractivity contribution in [2.45, 2.75) is 19.9 Å². The van der Waals surface area contributed by atoms with Crippen molar-refractivity contribution in [3.05, 3.63) is 40.9 Å². The maximum Gasteiger partial charge on any atom is 0.182 e. The third-order valence-corrected chi connectivity index (χ3v) is 2.14. The first kappa shape index (κ1) is 13.3. The average Bonchev–Trinajstić information content (AvgIpc) is 2.27. The number of nitriles is 1. The highest BCUT2D eigenvalue weighted by atomic mass is 35.5. The molecule has 0 saturated carbocycles. The lowest BCUT2D eigenvalue weighted by Gasteiger charge is -2.01. The standard InChI is InChI=1S/C13H14ClN3/c1-10(2)17-13(16-9-15)8-5-11-3-6-12(14)7-4-11/h3-8,10H,1-2H3,(H,16,17)/b8-5+. The van der Waals surface area contributed by atoms with E-state index in [1.165, 1.54) is 0 Å². The van der Waals surface area contributed by atoms with Gasteiger partial charge in [-0.3, -0.25) is 10.3 Å². The molecule has 0 fully saturated rings. The molecule has 17 heavy (non-hydrogen) atoms. The van der Waals surface area contributed by atoms with Crippen molar-refractivity contribution in [3.63, 3.8) is 0 Å². The molecule has 1 N–H and O–H groups in total. The maximum absolute atomic E-state index is 8.59. The quantitative estimate of drug-likeness (QED) is 0.386. The van der Waals surface area contributed by atoms with E-state index in [1.54, 1.807) is 6.08 Å². The molecule has 0 heterocycles. The number of hydrogen-bond donors (Lipinski definition) is 1. The molecule has 0 bridgehead atoms. The molecular weight excluding hydrogens is 234 g/mol. The summed E-state index contributed by atoms with van der Waals surface area (Å²) in [5.41, 5.74) is 1.01. The molecule has 0 unspecified atom stereocenters. The topological polar surface area (TPSA) is 48.2 Å². The van der Waals surface area contributed by atoms with Crippen molar-refractivity contribution in [2.24, 2.45) is 4.99 Å². The normalized spacial score (nSPS) is 11.8. The lowest BCUT2D eigenvalue weighted by atomic mass is 10.2. The Labute approximate surface area is 106 Å². The van der Waals surface area contributed by atoms with E-state index in [9.17, 15) is 0 Å². The van der Waals surface area contributed by atoms with E-state index >= 15 is 0 Å². The zero-order chi connectivity index (χ0) is 12.7. The average molecular weight is 248 g/mol. The van der Waals surface area contributed by atoms with Gasteiger partial charge in [-0.2, -0.15) is 5.26 Å². The van der Waals surface area contributed by atoms with Crippen LogP contribution in [0.15, 0.2) is 35.3 Å². The van der Waals surface area contributed by atoms with Crippen LogP contribution in [-0.2, 0) is 0 Å². The molecule has 1 aromatic rings. The van der Waals surface area contributed by atoms with Gasteiger partial charge in [0.15, 0.2) is 6.19 Å². The minimum absolute atomic E-state index is 0.140. The molecule has 4 heteroatoms. The Morgan fingerprint density at radius 1 is 1.41 bits per heavy atom. The summed E-state index contributed by atoms with van der Waals surface area (Å²) in [6.07, 6.45) is 5.51. The summed E-state index contributed by atoms with van der Waals surface area (Å²) in [4.78, 5) is 4.27. The van der Waals surface area contributed by atoms with Crippen LogP contribution >= 0.6 is 11.6 Å². The molecule has 0 saturated heterocycles. The fraction of sp³-hybridized carbons (Fsp3) is 0.231. The predicted molar refractivity (Wildman–Crippen MR) is 71.8 cm³/mol. The van der Waals surface area contributed by atoms with Crippen molar-refractivity contribution in [2.75, 3.05) is 0 Å². The van der Waals surface area contributed by atoms with Gasteiger partial charge in [0.1, 0.15) is 5.84 Å². The van der Waals surface area contributed by atoms with Crippen LogP contribution in [0.2, 0.25) is 5.02 Å². The van der Waals surface area contributed by atoms with Gasteiger partial charge in [-0.05, 0) is 37.6 Å². The van der Waals surface area contributed by atoms with Gasteiger partial charge in [-0.1, -0.05) is 29.8 Å². The van der Waals surface area contributed by atoms with Crippen LogP contribution in [0.4, 0.5) is 0 Å². The summed E-state index contributed by atoms with van der Waals surface area (Å²) in [7, 11) is 0. The van der Waals surface area contributed by atoms with Gasteiger partial charge in [0, 0.05) is 11.1 Å². The van der Waals surface area contributed by atoms with Gasteiger partial charge in [0.05, 0.1) is 0 Å². The molecule has 0 aromatic heterocycles. The first-order valence-electron chi connectivity index (χ1n) is 5.28. The number of rotatable bonds is 3. The second-order valence-electron chi connectivity index (χ2n) is 3.73. The molecular formula is C13H14ClN3. The van der Waals surface area contributed by atoms with Crippen LogP contribution in [0.5, 0.6) is 0 Å². The summed E-state index contributed by atoms with van der Waals surface area (Å²) in [6.45, 7) is 3.91. The summed E-state index contributed by atoms with van der Waals surface area (Å²) < 4.78 is 0. The Hall–Kier alpha value is -1.79. The Bertz CT molecular complexity index is 453. The summed E-state index contributed by atoms with van der Waals surface area (Å²) >= 11 is 5.79. The van der Waals surface area contributed by atoms with E-state index in [1.807, 2.05) is 50.4 Å². The third kappa shape index (κ3) is 5.19. The van der Waals surface area contributed by atoms with Crippen molar-refractivity contribution < 1.29 is 0 Å². The molecule has 0 amide bonds. The van der Waals surface area contributed by atoms with Gasteiger partial charge in [0.2, 0.25) is 0 Å². The lowest BCUT2D eigenvalue weighted by Crippen LogP contribution is -2.16. The molecule has 1 aromatic carbocycles. The van der Waals surface area contributed by atoms with Crippen LogP contribution in [0, 0.1) is 11.5 Å². The van der Waals surface area contributed by atoms with Crippen molar-refractivity contribution in [3.8, 4) is 6.19 Å². The summed E-state index contributed by atoms with van der Waals surface area (Å²) in [5, 5.41) is 11.8. The molecule has 88 valence electrons. The molecule has 0 aliphatic rings. The summed E-state index contributed by atoms with van der Waals surface area (Å²) in [6, 6.07) is 7.58. The van der Waals surface area contributed by atoms with Gasteiger partial charge < -0.3 is 0 Å². The van der Waals surface area contributed by atoms with Gasteiger partial charge in [-0.15, -0.1) is 0 Å². The molecule has 3 nitrogen and oxygen atoms in total. The lowest BCUT2D eigenvalue weighted by molar-refractivity contribution is 0.831. The highest BCUT2D eigenvalue weighted by Gasteiger charge is 1.95. The van der Waals surface area contributed by atoms with Gasteiger partial charge in [-0.25, -0.2) is 0 Å². The van der Waals surface area contributed by atoms with Crippen LogP contribution < -0.4 is 5.32 Å². The number of hydrogen-bond acceptors (Lipinski definition) is 2. The van der Waals surface area contributed by atoms with Crippen LogP contribution in [-0.4, -0.2) is 11.9 Å². The Morgan fingerprint density at radius 2 is 2.06 bits per heavy atom. The molecule has 1 rings (SSSR count). The Balaban J connectivity index is 2.80. The summed E-state index contributed by atoms with van der Waals surface area (Å²) in [5.74, 6) is 0.553. The zero-order valence-corrected chi connectivity index (χ0v) is 10.6. The van der Waals surface area contributed by atoms with E-state index in [-0.39, 0.29) is 6.04 Å². The van der Waals surface area contributed by atoms with E-state index in [0.717, 1.165) is 5.56 Å². The van der Waals surface area contributed by atoms with E-state index in [2.05, 4.69) is 10.3 Å². The SMILES string of the molecule is CC(C)N=C(/C=C/c1ccc(Cl)cc1)NC#N. The van der Waals surface area contributed by atoms with Crippen molar-refractivity contribution >= 4 is 23.5 Å². The van der Waals surface area contributed by atoms with Gasteiger partial charge in [0.25, 0.3) is 0 Å². The number of nitrogens with one attached hydrogen (secondary N) is 1. The second-order valence-corrected chi connectivity index (χ2v) is 4.17. The fourth-order valence-corrected chi connectivity index (χ4v) is 1.33. The van der Waals surface area contributed by atoms with Crippen LogP contribution in [0.3, 0.4) is 0 Å². The first-order chi connectivity index (χ1) is 8.11.